The zero-order valence-corrected chi connectivity index (χ0v) is 15.7. The van der Waals surface area contributed by atoms with Gasteiger partial charge in [0.2, 0.25) is 0 Å². The second kappa shape index (κ2) is 7.87. The molecule has 1 aromatic heterocycles. The maximum Gasteiger partial charge on any atom is 0.278 e. The molecule has 0 saturated carbocycles. The van der Waals surface area contributed by atoms with Crippen LogP contribution in [0.1, 0.15) is 28.7 Å². The molecule has 0 saturated heterocycles. The number of aryl methyl sites for hydroxylation is 1. The number of nitrogens with zero attached hydrogens (tertiary/aromatic N) is 4. The largest absolute Gasteiger partial charge is 0.492 e. The maximum atomic E-state index is 12.7. The molecule has 144 valence electrons. The zero-order chi connectivity index (χ0) is 20.3. The zero-order valence-electron chi connectivity index (χ0n) is 15.7. The summed E-state index contributed by atoms with van der Waals surface area (Å²) in [5.74, 6) is 0.124. The minimum absolute atomic E-state index is 0.0700. The fourth-order valence-corrected chi connectivity index (χ4v) is 2.71. The second-order valence-corrected chi connectivity index (χ2v) is 6.10. The summed E-state index contributed by atoms with van der Waals surface area (Å²) < 4.78 is 6.96. The van der Waals surface area contributed by atoms with Crippen LogP contribution in [0.3, 0.4) is 0 Å². The number of aromatic nitrogens is 3. The normalized spacial score (nSPS) is 10.5. The molecule has 0 aliphatic heterocycles. The van der Waals surface area contributed by atoms with Gasteiger partial charge in [-0.15, -0.1) is 5.10 Å². The van der Waals surface area contributed by atoms with Crippen molar-refractivity contribution in [3.05, 3.63) is 69.5 Å². The number of anilines is 1. The van der Waals surface area contributed by atoms with E-state index in [-0.39, 0.29) is 11.4 Å². The Labute approximate surface area is 161 Å². The lowest BCUT2D eigenvalue weighted by atomic mass is 10.2. The highest BCUT2D eigenvalue weighted by atomic mass is 16.6. The Balaban J connectivity index is 1.89. The number of nitrogens with one attached hydrogen (secondary N) is 1. The monoisotopic (exact) mass is 381 g/mol. The average Bonchev–Trinajstić information content (AvgIpc) is 3.06. The molecule has 0 bridgehead atoms. The molecule has 1 amide bonds. The lowest BCUT2D eigenvalue weighted by Gasteiger charge is -2.12. The van der Waals surface area contributed by atoms with Crippen molar-refractivity contribution in [2.75, 3.05) is 11.9 Å². The van der Waals surface area contributed by atoms with Crippen LogP contribution >= 0.6 is 0 Å². The third kappa shape index (κ3) is 3.83. The molecule has 0 radical (unpaired) electrons. The lowest BCUT2D eigenvalue weighted by molar-refractivity contribution is -0.384. The van der Waals surface area contributed by atoms with Crippen molar-refractivity contribution < 1.29 is 14.5 Å². The van der Waals surface area contributed by atoms with Crippen LogP contribution in [0.4, 0.5) is 11.4 Å². The van der Waals surface area contributed by atoms with E-state index >= 15 is 0 Å². The minimum atomic E-state index is -0.490. The molecule has 2 aromatic carbocycles. The van der Waals surface area contributed by atoms with Crippen molar-refractivity contribution in [1.82, 2.24) is 15.0 Å². The van der Waals surface area contributed by atoms with Crippen LogP contribution in [0.5, 0.6) is 5.75 Å². The molecule has 1 heterocycles. The van der Waals surface area contributed by atoms with E-state index in [0.717, 1.165) is 5.56 Å². The standard InChI is InChI=1S/C19H19N5O4/c1-4-28-17-10-12(2)8-9-16(17)20-19(25)18-13(3)23(22-21-18)14-6-5-7-15(11-14)24(26)27/h5-11H,4H2,1-3H3,(H,20,25). The van der Waals surface area contributed by atoms with Crippen molar-refractivity contribution in [2.45, 2.75) is 20.8 Å². The van der Waals surface area contributed by atoms with Crippen LogP contribution in [-0.4, -0.2) is 32.4 Å². The van der Waals surface area contributed by atoms with Crippen LogP contribution in [0.2, 0.25) is 0 Å². The van der Waals surface area contributed by atoms with E-state index in [4.69, 9.17) is 4.74 Å². The van der Waals surface area contributed by atoms with E-state index in [2.05, 4.69) is 15.6 Å². The molecule has 9 heteroatoms. The van der Waals surface area contributed by atoms with Gasteiger partial charge in [-0.3, -0.25) is 14.9 Å². The van der Waals surface area contributed by atoms with Crippen molar-refractivity contribution in [3.63, 3.8) is 0 Å². The Kier molecular flexibility index (Phi) is 5.35. The topological polar surface area (TPSA) is 112 Å². The maximum absolute atomic E-state index is 12.7. The highest BCUT2D eigenvalue weighted by Gasteiger charge is 2.20. The number of hydrogen-bond acceptors (Lipinski definition) is 6. The Morgan fingerprint density at radius 2 is 2.04 bits per heavy atom. The van der Waals surface area contributed by atoms with E-state index < -0.39 is 10.8 Å². The first-order valence-electron chi connectivity index (χ1n) is 8.62. The van der Waals surface area contributed by atoms with Gasteiger partial charge in [0.25, 0.3) is 11.6 Å². The number of nitro groups is 1. The SMILES string of the molecule is CCOc1cc(C)ccc1NC(=O)c1nnn(-c2cccc([N+](=O)[O-])c2)c1C. The summed E-state index contributed by atoms with van der Waals surface area (Å²) in [6, 6.07) is 11.4. The molecule has 0 spiro atoms. The van der Waals surface area contributed by atoms with Crippen molar-refractivity contribution in [2.24, 2.45) is 0 Å². The fourth-order valence-electron chi connectivity index (χ4n) is 2.71. The van der Waals surface area contributed by atoms with Gasteiger partial charge in [0.1, 0.15) is 5.75 Å². The van der Waals surface area contributed by atoms with Gasteiger partial charge in [0.15, 0.2) is 5.69 Å². The predicted octanol–water partition coefficient (Wildman–Crippen LogP) is 3.44. The highest BCUT2D eigenvalue weighted by molar-refractivity contribution is 6.04. The number of amides is 1. The van der Waals surface area contributed by atoms with E-state index in [1.54, 1.807) is 25.1 Å². The Morgan fingerprint density at radius 3 is 2.75 bits per heavy atom. The van der Waals surface area contributed by atoms with E-state index in [1.165, 1.54) is 16.8 Å². The van der Waals surface area contributed by atoms with Gasteiger partial charge in [0, 0.05) is 12.1 Å². The van der Waals surface area contributed by atoms with Gasteiger partial charge in [-0.25, -0.2) is 4.68 Å². The van der Waals surface area contributed by atoms with Crippen molar-refractivity contribution >= 4 is 17.3 Å². The molecule has 9 nitrogen and oxygen atoms in total. The second-order valence-electron chi connectivity index (χ2n) is 6.10. The number of carbonyl (C=O) groups excluding carboxylic acids is 1. The summed E-state index contributed by atoms with van der Waals surface area (Å²) >= 11 is 0. The van der Waals surface area contributed by atoms with E-state index in [0.29, 0.717) is 29.4 Å². The van der Waals surface area contributed by atoms with E-state index in [1.807, 2.05) is 26.0 Å². The van der Waals surface area contributed by atoms with Gasteiger partial charge in [0.05, 0.1) is 28.6 Å². The molecular formula is C19H19N5O4. The molecule has 0 unspecified atom stereocenters. The van der Waals surface area contributed by atoms with E-state index in [9.17, 15) is 14.9 Å². The third-order valence-electron chi connectivity index (χ3n) is 4.08. The van der Waals surface area contributed by atoms with Crippen LogP contribution in [0.25, 0.3) is 5.69 Å². The van der Waals surface area contributed by atoms with Gasteiger partial charge in [-0.2, -0.15) is 0 Å². The molecule has 1 N–H and O–H groups in total. The third-order valence-corrected chi connectivity index (χ3v) is 4.08. The summed E-state index contributed by atoms with van der Waals surface area (Å²) in [7, 11) is 0. The molecule has 28 heavy (non-hydrogen) atoms. The minimum Gasteiger partial charge on any atom is -0.492 e. The lowest BCUT2D eigenvalue weighted by Crippen LogP contribution is -2.15. The first-order chi connectivity index (χ1) is 13.4. The number of hydrogen-bond donors (Lipinski definition) is 1. The first-order valence-corrected chi connectivity index (χ1v) is 8.62. The quantitative estimate of drug-likeness (QED) is 0.517. The van der Waals surface area contributed by atoms with Gasteiger partial charge in [-0.05, 0) is 44.5 Å². The van der Waals surface area contributed by atoms with Gasteiger partial charge >= 0.3 is 0 Å². The summed E-state index contributed by atoms with van der Waals surface area (Å²) in [5, 5.41) is 21.7. The van der Waals surface area contributed by atoms with Crippen LogP contribution in [0, 0.1) is 24.0 Å². The van der Waals surface area contributed by atoms with Crippen molar-refractivity contribution in [1.29, 1.82) is 0 Å². The summed E-state index contributed by atoms with van der Waals surface area (Å²) in [4.78, 5) is 23.2. The Hall–Kier alpha value is -3.75. The molecule has 0 atom stereocenters. The molecule has 0 aliphatic carbocycles. The number of non-ortho nitro benzene ring substituents is 1. The number of carbonyl (C=O) groups is 1. The fraction of sp³-hybridized carbons (Fsp3) is 0.211. The molecule has 3 aromatic rings. The molecule has 3 rings (SSSR count). The summed E-state index contributed by atoms with van der Waals surface area (Å²) in [6.07, 6.45) is 0. The molecular weight excluding hydrogens is 362 g/mol. The smallest absolute Gasteiger partial charge is 0.278 e. The van der Waals surface area contributed by atoms with Gasteiger partial charge < -0.3 is 10.1 Å². The predicted molar refractivity (Wildman–Crippen MR) is 103 cm³/mol. The first kappa shape index (κ1) is 19.0. The summed E-state index contributed by atoms with van der Waals surface area (Å²) in [6.45, 7) is 5.94. The Bertz CT molecular complexity index is 1040. The average molecular weight is 381 g/mol. The molecule has 0 fully saturated rings. The van der Waals surface area contributed by atoms with Crippen molar-refractivity contribution in [3.8, 4) is 11.4 Å². The molecule has 0 aliphatic rings. The number of benzene rings is 2. The number of rotatable bonds is 6. The highest BCUT2D eigenvalue weighted by Crippen LogP contribution is 2.26. The van der Waals surface area contributed by atoms with Crippen LogP contribution in [0.15, 0.2) is 42.5 Å². The number of ether oxygens (including phenoxy) is 1. The Morgan fingerprint density at radius 1 is 1.25 bits per heavy atom. The summed E-state index contributed by atoms with van der Waals surface area (Å²) in [5.41, 5.74) is 2.50. The van der Waals surface area contributed by atoms with Crippen LogP contribution < -0.4 is 10.1 Å². The van der Waals surface area contributed by atoms with Crippen LogP contribution in [-0.2, 0) is 0 Å². The van der Waals surface area contributed by atoms with Gasteiger partial charge in [-0.1, -0.05) is 17.3 Å². The number of nitro benzene ring substituents is 1.